The lowest BCUT2D eigenvalue weighted by Crippen LogP contribution is -2.41. The highest BCUT2D eigenvalue weighted by molar-refractivity contribution is 5.76. The number of amides is 1. The van der Waals surface area contributed by atoms with E-state index >= 15 is 0 Å². The molecule has 0 fully saturated rings. The van der Waals surface area contributed by atoms with Gasteiger partial charge in [0.15, 0.2) is 0 Å². The molecule has 0 saturated carbocycles. The second-order valence-electron chi connectivity index (χ2n) is 22.4. The number of unbranched alkanes of at least 4 members (excludes halogenated alkanes) is 29. The summed E-state index contributed by atoms with van der Waals surface area (Å²) in [7, 11) is 4.22. The van der Waals surface area contributed by atoms with Crippen LogP contribution in [0.15, 0.2) is 0 Å². The van der Waals surface area contributed by atoms with Crippen LogP contribution in [0.4, 0.5) is 0 Å². The number of esters is 2. The summed E-state index contributed by atoms with van der Waals surface area (Å²) >= 11 is 0. The van der Waals surface area contributed by atoms with Gasteiger partial charge in [0, 0.05) is 31.8 Å². The Morgan fingerprint density at radius 2 is 0.614 bits per heavy atom. The summed E-state index contributed by atoms with van der Waals surface area (Å²) in [6, 6.07) is 0.209. The monoisotopic (exact) mass is 989 g/mol. The van der Waals surface area contributed by atoms with E-state index in [1.54, 1.807) is 0 Å². The van der Waals surface area contributed by atoms with Crippen LogP contribution in [-0.2, 0) is 23.9 Å². The molecule has 7 nitrogen and oxygen atoms in total. The molecular weight excluding hydrogens is 865 g/mol. The van der Waals surface area contributed by atoms with Gasteiger partial charge < -0.3 is 19.3 Å². The molecule has 70 heavy (non-hydrogen) atoms. The van der Waals surface area contributed by atoms with Crippen LogP contribution in [-0.4, -0.2) is 74.1 Å². The molecule has 0 N–H and O–H groups in total. The van der Waals surface area contributed by atoms with E-state index in [-0.39, 0.29) is 18.0 Å². The minimum Gasteiger partial charge on any atom is -0.465 e. The van der Waals surface area contributed by atoms with Crippen LogP contribution in [0.1, 0.15) is 330 Å². The molecule has 7 heteroatoms. The highest BCUT2D eigenvalue weighted by atomic mass is 16.5. The van der Waals surface area contributed by atoms with Crippen LogP contribution < -0.4 is 0 Å². The van der Waals surface area contributed by atoms with Crippen molar-refractivity contribution < 1.29 is 23.9 Å². The molecule has 0 aromatic rings. The van der Waals surface area contributed by atoms with Crippen LogP contribution >= 0.6 is 0 Å². The van der Waals surface area contributed by atoms with Crippen molar-refractivity contribution in [1.29, 1.82) is 0 Å². The summed E-state index contributed by atoms with van der Waals surface area (Å²) in [5.41, 5.74) is 0. The molecule has 0 aromatic heterocycles. The second kappa shape index (κ2) is 53.7. The molecule has 3 unspecified atom stereocenters. The summed E-state index contributed by atoms with van der Waals surface area (Å²) in [5.74, 6) is 1.25. The number of ether oxygens (including phenoxy) is 2. The van der Waals surface area contributed by atoms with Crippen molar-refractivity contribution in [2.75, 3.05) is 40.4 Å². The lowest BCUT2D eigenvalue weighted by Gasteiger charge is -2.33. The van der Waals surface area contributed by atoms with Gasteiger partial charge in [-0.3, -0.25) is 14.4 Å². The Labute approximate surface area is 438 Å². The van der Waals surface area contributed by atoms with Gasteiger partial charge >= 0.3 is 11.9 Å². The first-order valence-electron chi connectivity index (χ1n) is 31.5. The van der Waals surface area contributed by atoms with Gasteiger partial charge in [0.05, 0.1) is 13.2 Å². The zero-order chi connectivity index (χ0) is 51.4. The fourth-order valence-corrected chi connectivity index (χ4v) is 10.4. The number of hydrogen-bond donors (Lipinski definition) is 0. The second-order valence-corrected chi connectivity index (χ2v) is 22.4. The third-order valence-electron chi connectivity index (χ3n) is 15.2. The smallest absolute Gasteiger partial charge is 0.305 e. The standard InChI is InChI=1S/C63H124N2O5/c1-8-13-18-23-26-28-31-43-55-65(61(66)51-42-44-54-64(6)7)60(49-38-32-40-52-62(67)69-56-58(45-34-21-16-11-4)47-36-29-25-20-15-10-3)50-39-33-41-53-63(68)70-57-59(46-35-22-17-12-5)48-37-30-27-24-19-14-9-2/h58-60H,8-57H2,1-7H3. The number of carbonyl (C=O) groups excluding carboxylic acids is 3. The van der Waals surface area contributed by atoms with E-state index in [0.29, 0.717) is 50.2 Å². The van der Waals surface area contributed by atoms with Gasteiger partial charge in [0.2, 0.25) is 5.91 Å². The van der Waals surface area contributed by atoms with E-state index in [0.717, 1.165) is 83.7 Å². The van der Waals surface area contributed by atoms with Gasteiger partial charge in [-0.1, -0.05) is 240 Å². The van der Waals surface area contributed by atoms with Crippen molar-refractivity contribution in [3.63, 3.8) is 0 Å². The predicted molar refractivity (Wildman–Crippen MR) is 304 cm³/mol. The molecule has 0 aliphatic carbocycles. The van der Waals surface area contributed by atoms with Crippen molar-refractivity contribution in [2.45, 2.75) is 336 Å². The van der Waals surface area contributed by atoms with Crippen LogP contribution in [0.3, 0.4) is 0 Å². The number of nitrogens with zero attached hydrogens (tertiary/aromatic N) is 2. The molecule has 0 rings (SSSR count). The molecule has 3 atom stereocenters. The molecule has 0 aromatic carbocycles. The maximum absolute atomic E-state index is 14.1. The molecule has 0 aliphatic rings. The third kappa shape index (κ3) is 46.2. The van der Waals surface area contributed by atoms with Crippen molar-refractivity contribution in [1.82, 2.24) is 9.80 Å². The highest BCUT2D eigenvalue weighted by Gasteiger charge is 2.23. The fraction of sp³-hybridized carbons (Fsp3) is 0.952. The van der Waals surface area contributed by atoms with Gasteiger partial charge in [-0.15, -0.1) is 0 Å². The van der Waals surface area contributed by atoms with Crippen LogP contribution in [0.5, 0.6) is 0 Å². The summed E-state index contributed by atoms with van der Waals surface area (Å²) in [4.78, 5) is 44.7. The normalized spacial score (nSPS) is 12.9. The minimum atomic E-state index is -0.0311. The molecule has 1 amide bonds. The van der Waals surface area contributed by atoms with Gasteiger partial charge in [-0.25, -0.2) is 0 Å². The SMILES string of the molecule is CCCCCCCCCCN(C(=O)CCCCN(C)C)C(CCCCCC(=O)OCC(CCCCCC)CCCCCCCC)CCCCCC(=O)OCC(CCCCCC)CCCCCCCCC. The van der Waals surface area contributed by atoms with Crippen molar-refractivity contribution in [3.8, 4) is 0 Å². The highest BCUT2D eigenvalue weighted by Crippen LogP contribution is 2.24. The molecule has 0 spiro atoms. The van der Waals surface area contributed by atoms with Gasteiger partial charge in [-0.2, -0.15) is 0 Å². The Morgan fingerprint density at radius 1 is 0.329 bits per heavy atom. The lowest BCUT2D eigenvalue weighted by atomic mass is 9.95. The fourth-order valence-electron chi connectivity index (χ4n) is 10.4. The molecule has 0 radical (unpaired) electrons. The van der Waals surface area contributed by atoms with E-state index in [1.165, 1.54) is 205 Å². The zero-order valence-corrected chi connectivity index (χ0v) is 48.5. The molecule has 0 bridgehead atoms. The van der Waals surface area contributed by atoms with Crippen molar-refractivity contribution in [3.05, 3.63) is 0 Å². The Morgan fingerprint density at radius 3 is 0.986 bits per heavy atom. The topological polar surface area (TPSA) is 76.2 Å². The van der Waals surface area contributed by atoms with Crippen molar-refractivity contribution >= 4 is 17.8 Å². The molecular formula is C63H124N2O5. The van der Waals surface area contributed by atoms with Crippen LogP contribution in [0.2, 0.25) is 0 Å². The molecule has 0 saturated heterocycles. The van der Waals surface area contributed by atoms with Crippen molar-refractivity contribution in [2.24, 2.45) is 11.8 Å². The van der Waals surface area contributed by atoms with E-state index in [9.17, 15) is 14.4 Å². The Hall–Kier alpha value is -1.63. The molecule has 0 heterocycles. The van der Waals surface area contributed by atoms with Crippen LogP contribution in [0.25, 0.3) is 0 Å². The summed E-state index contributed by atoms with van der Waals surface area (Å²) in [5, 5.41) is 0. The maximum atomic E-state index is 14.1. The average Bonchev–Trinajstić information content (AvgIpc) is 3.35. The summed E-state index contributed by atoms with van der Waals surface area (Å²) in [6.07, 6.45) is 53.3. The lowest BCUT2D eigenvalue weighted by molar-refractivity contribution is -0.146. The first-order valence-corrected chi connectivity index (χ1v) is 31.5. The van der Waals surface area contributed by atoms with E-state index in [4.69, 9.17) is 9.47 Å². The summed E-state index contributed by atoms with van der Waals surface area (Å²) < 4.78 is 11.9. The Kier molecular flexibility index (Phi) is 52.4. The maximum Gasteiger partial charge on any atom is 0.305 e. The largest absolute Gasteiger partial charge is 0.465 e. The third-order valence-corrected chi connectivity index (χ3v) is 15.2. The van der Waals surface area contributed by atoms with Gasteiger partial charge in [0.1, 0.15) is 0 Å². The van der Waals surface area contributed by atoms with E-state index in [1.807, 2.05) is 0 Å². The van der Waals surface area contributed by atoms with Crippen LogP contribution in [0, 0.1) is 11.8 Å². The van der Waals surface area contributed by atoms with E-state index < -0.39 is 0 Å². The summed E-state index contributed by atoms with van der Waals surface area (Å²) in [6.45, 7) is 14.4. The zero-order valence-electron chi connectivity index (χ0n) is 48.5. The first-order chi connectivity index (χ1) is 34.2. The minimum absolute atomic E-state index is 0.0299. The number of hydrogen-bond acceptors (Lipinski definition) is 6. The predicted octanol–water partition coefficient (Wildman–Crippen LogP) is 19.1. The first kappa shape index (κ1) is 68.4. The Bertz CT molecular complexity index is 1110. The molecule has 416 valence electrons. The molecule has 0 aliphatic heterocycles. The number of rotatable bonds is 56. The van der Waals surface area contributed by atoms with Gasteiger partial charge in [0.25, 0.3) is 0 Å². The Balaban J connectivity index is 5.47. The number of carbonyl (C=O) groups is 3. The average molecular weight is 990 g/mol. The van der Waals surface area contributed by atoms with E-state index in [2.05, 4.69) is 58.5 Å². The van der Waals surface area contributed by atoms with Gasteiger partial charge in [-0.05, 0) is 103 Å². The quantitative estimate of drug-likeness (QED) is 0.0446.